The van der Waals surface area contributed by atoms with Crippen molar-refractivity contribution >= 4 is 27.3 Å². The normalized spacial score (nSPS) is 19.7. The van der Waals surface area contributed by atoms with Crippen LogP contribution in [0.3, 0.4) is 0 Å². The van der Waals surface area contributed by atoms with Crippen molar-refractivity contribution in [2.75, 3.05) is 35.8 Å². The summed E-state index contributed by atoms with van der Waals surface area (Å²) in [5.74, 6) is 1.57. The van der Waals surface area contributed by atoms with Crippen LogP contribution in [0.1, 0.15) is 18.9 Å². The lowest BCUT2D eigenvalue weighted by Crippen LogP contribution is -2.47. The third kappa shape index (κ3) is 4.34. The molecule has 1 saturated heterocycles. The minimum absolute atomic E-state index is 0.453. The minimum Gasteiger partial charge on any atom is -0.352 e. The third-order valence-electron chi connectivity index (χ3n) is 3.52. The van der Waals surface area contributed by atoms with Crippen LogP contribution in [0.4, 0.5) is 5.69 Å². The maximum atomic E-state index is 12.1. The second-order valence-corrected chi connectivity index (χ2v) is 8.59. The monoisotopic (exact) mass is 329 g/mol. The molecular weight excluding hydrogens is 306 g/mol. The van der Waals surface area contributed by atoms with Crippen molar-refractivity contribution in [3.05, 3.63) is 24.0 Å². The van der Waals surface area contributed by atoms with Crippen molar-refractivity contribution in [2.45, 2.75) is 25.3 Å². The number of thioether (sulfide) groups is 1. The fourth-order valence-electron chi connectivity index (χ4n) is 2.43. The molecule has 0 aliphatic carbocycles. The molecule has 1 unspecified atom stereocenters. The SMILES string of the molecule is CCCNCc1ccncc1N1CCSCC1S(C)(=O)=O. The van der Waals surface area contributed by atoms with E-state index in [1.807, 2.05) is 11.0 Å². The first-order valence-corrected chi connectivity index (χ1v) is 10.3. The molecule has 1 aliphatic heterocycles. The van der Waals surface area contributed by atoms with Gasteiger partial charge in [-0.2, -0.15) is 11.8 Å². The van der Waals surface area contributed by atoms with Crippen molar-refractivity contribution in [1.82, 2.24) is 10.3 Å². The van der Waals surface area contributed by atoms with Crippen LogP contribution in [0.5, 0.6) is 0 Å². The first kappa shape index (κ1) is 16.6. The third-order valence-corrected chi connectivity index (χ3v) is 6.16. The summed E-state index contributed by atoms with van der Waals surface area (Å²) in [6.45, 7) is 4.57. The molecule has 1 aliphatic rings. The van der Waals surface area contributed by atoms with Gasteiger partial charge in [0, 0.05) is 37.0 Å². The van der Waals surface area contributed by atoms with Gasteiger partial charge in [-0.05, 0) is 24.6 Å². The molecule has 5 nitrogen and oxygen atoms in total. The standard InChI is InChI=1S/C14H23N3O2S2/c1-3-5-15-9-12-4-6-16-10-13(12)17-7-8-20-11-14(17)21(2,18)19/h4,6,10,14-15H,3,5,7-9,11H2,1-2H3. The molecular formula is C14H23N3O2S2. The van der Waals surface area contributed by atoms with Crippen molar-refractivity contribution in [2.24, 2.45) is 0 Å². The summed E-state index contributed by atoms with van der Waals surface area (Å²) in [5.41, 5.74) is 2.05. The lowest BCUT2D eigenvalue weighted by molar-refractivity contribution is 0.583. The highest BCUT2D eigenvalue weighted by atomic mass is 32.2. The van der Waals surface area contributed by atoms with E-state index in [-0.39, 0.29) is 0 Å². The predicted molar refractivity (Wildman–Crippen MR) is 89.5 cm³/mol. The molecule has 2 heterocycles. The first-order chi connectivity index (χ1) is 10.0. The van der Waals surface area contributed by atoms with Gasteiger partial charge in [0.2, 0.25) is 0 Å². The minimum atomic E-state index is -3.11. The quantitative estimate of drug-likeness (QED) is 0.798. The lowest BCUT2D eigenvalue weighted by atomic mass is 10.2. The van der Waals surface area contributed by atoms with Crippen molar-refractivity contribution in [1.29, 1.82) is 0 Å². The smallest absolute Gasteiger partial charge is 0.169 e. The van der Waals surface area contributed by atoms with Gasteiger partial charge in [-0.25, -0.2) is 8.42 Å². The van der Waals surface area contributed by atoms with Crippen molar-refractivity contribution in [3.8, 4) is 0 Å². The Kier molecular flexibility index (Phi) is 5.89. The number of hydrogen-bond acceptors (Lipinski definition) is 6. The zero-order chi connectivity index (χ0) is 15.3. The molecule has 0 bridgehead atoms. The number of anilines is 1. The van der Waals surface area contributed by atoms with Crippen LogP contribution < -0.4 is 10.2 Å². The maximum Gasteiger partial charge on any atom is 0.169 e. The van der Waals surface area contributed by atoms with Gasteiger partial charge in [0.25, 0.3) is 0 Å². The molecule has 0 saturated carbocycles. The van der Waals surface area contributed by atoms with E-state index >= 15 is 0 Å². The maximum absolute atomic E-state index is 12.1. The number of rotatable bonds is 6. The summed E-state index contributed by atoms with van der Waals surface area (Å²) in [7, 11) is -3.11. The molecule has 7 heteroatoms. The van der Waals surface area contributed by atoms with Crippen molar-refractivity contribution in [3.63, 3.8) is 0 Å². The number of nitrogens with zero attached hydrogens (tertiary/aromatic N) is 2. The van der Waals surface area contributed by atoms with Crippen LogP contribution in [0, 0.1) is 0 Å². The molecule has 1 atom stereocenters. The molecule has 1 aromatic heterocycles. The average molecular weight is 329 g/mol. The van der Waals surface area contributed by atoms with Gasteiger partial charge >= 0.3 is 0 Å². The molecule has 0 aromatic carbocycles. The van der Waals surface area contributed by atoms with Crippen LogP contribution in [0.2, 0.25) is 0 Å². The molecule has 2 rings (SSSR count). The highest BCUT2D eigenvalue weighted by molar-refractivity contribution is 8.01. The Morgan fingerprint density at radius 3 is 3.05 bits per heavy atom. The molecule has 0 amide bonds. The van der Waals surface area contributed by atoms with E-state index in [0.29, 0.717) is 5.75 Å². The van der Waals surface area contributed by atoms with Gasteiger partial charge in [0.15, 0.2) is 9.84 Å². The van der Waals surface area contributed by atoms with E-state index in [4.69, 9.17) is 0 Å². The summed E-state index contributed by atoms with van der Waals surface area (Å²) in [6.07, 6.45) is 5.95. The van der Waals surface area contributed by atoms with E-state index in [1.54, 1.807) is 24.2 Å². The van der Waals surface area contributed by atoms with Crippen LogP contribution in [0.25, 0.3) is 0 Å². The second kappa shape index (κ2) is 7.47. The Hall–Kier alpha value is -0.790. The van der Waals surface area contributed by atoms with Gasteiger partial charge in [0.05, 0.1) is 11.9 Å². The summed E-state index contributed by atoms with van der Waals surface area (Å²) in [6, 6.07) is 1.97. The molecule has 1 aromatic rings. The highest BCUT2D eigenvalue weighted by Crippen LogP contribution is 2.28. The van der Waals surface area contributed by atoms with E-state index in [1.165, 1.54) is 6.26 Å². The van der Waals surface area contributed by atoms with E-state index in [0.717, 1.165) is 43.1 Å². The van der Waals surface area contributed by atoms with E-state index in [2.05, 4.69) is 17.2 Å². The summed E-state index contributed by atoms with van der Waals surface area (Å²) in [5, 5.41) is 2.92. The van der Waals surface area contributed by atoms with Gasteiger partial charge < -0.3 is 10.2 Å². The van der Waals surface area contributed by atoms with Gasteiger partial charge in [-0.1, -0.05) is 6.92 Å². The summed E-state index contributed by atoms with van der Waals surface area (Å²) >= 11 is 1.70. The van der Waals surface area contributed by atoms with Crippen LogP contribution >= 0.6 is 11.8 Å². The Morgan fingerprint density at radius 1 is 1.52 bits per heavy atom. The zero-order valence-electron chi connectivity index (χ0n) is 12.6. The number of pyridine rings is 1. The van der Waals surface area contributed by atoms with E-state index < -0.39 is 15.2 Å². The Labute approximate surface area is 131 Å². The molecule has 21 heavy (non-hydrogen) atoms. The summed E-state index contributed by atoms with van der Waals surface area (Å²) in [4.78, 5) is 6.20. The lowest BCUT2D eigenvalue weighted by Gasteiger charge is -2.36. The van der Waals surface area contributed by atoms with Crippen LogP contribution in [0.15, 0.2) is 18.5 Å². The van der Waals surface area contributed by atoms with E-state index in [9.17, 15) is 8.42 Å². The second-order valence-electron chi connectivity index (χ2n) is 5.23. The van der Waals surface area contributed by atoms with Crippen molar-refractivity contribution < 1.29 is 8.42 Å². The fraction of sp³-hybridized carbons (Fsp3) is 0.643. The first-order valence-electron chi connectivity index (χ1n) is 7.21. The number of hydrogen-bond donors (Lipinski definition) is 1. The number of aromatic nitrogens is 1. The molecule has 1 fully saturated rings. The predicted octanol–water partition coefficient (Wildman–Crippen LogP) is 1.51. The Balaban J connectivity index is 2.26. The Morgan fingerprint density at radius 2 is 2.33 bits per heavy atom. The topological polar surface area (TPSA) is 62.3 Å². The zero-order valence-corrected chi connectivity index (χ0v) is 14.2. The number of nitrogens with one attached hydrogen (secondary N) is 1. The van der Waals surface area contributed by atoms with Crippen LogP contribution in [-0.2, 0) is 16.4 Å². The summed E-state index contributed by atoms with van der Waals surface area (Å²) < 4.78 is 24.1. The Bertz CT molecular complexity index is 563. The molecule has 0 radical (unpaired) electrons. The molecule has 0 spiro atoms. The van der Waals surface area contributed by atoms with Gasteiger partial charge in [-0.3, -0.25) is 4.98 Å². The largest absolute Gasteiger partial charge is 0.352 e. The average Bonchev–Trinajstić information content (AvgIpc) is 2.47. The molecule has 118 valence electrons. The van der Waals surface area contributed by atoms with Gasteiger partial charge in [-0.15, -0.1) is 0 Å². The number of sulfone groups is 1. The molecule has 1 N–H and O–H groups in total. The van der Waals surface area contributed by atoms with Crippen LogP contribution in [-0.4, -0.2) is 49.6 Å². The van der Waals surface area contributed by atoms with Gasteiger partial charge in [0.1, 0.15) is 5.37 Å². The highest BCUT2D eigenvalue weighted by Gasteiger charge is 2.32. The fourth-order valence-corrected chi connectivity index (χ4v) is 5.27.